The number of aromatic nitrogens is 1. The molecule has 1 aromatic rings. The Morgan fingerprint density at radius 1 is 1.62 bits per heavy atom. The molecule has 0 aliphatic carbocycles. The van der Waals surface area contributed by atoms with Crippen molar-refractivity contribution in [3.63, 3.8) is 0 Å². The maximum Gasteiger partial charge on any atom is 0.242 e. The van der Waals surface area contributed by atoms with Gasteiger partial charge in [0.05, 0.1) is 24.7 Å². The van der Waals surface area contributed by atoms with Gasteiger partial charge in [0.2, 0.25) is 17.7 Å². The van der Waals surface area contributed by atoms with Crippen LogP contribution in [0, 0.1) is 11.3 Å². The highest BCUT2D eigenvalue weighted by Gasteiger charge is 2.27. The first-order chi connectivity index (χ1) is 10.1. The van der Waals surface area contributed by atoms with Crippen molar-refractivity contribution in [3.05, 3.63) is 23.9 Å². The van der Waals surface area contributed by atoms with E-state index in [0.29, 0.717) is 31.0 Å². The number of pyridine rings is 1. The normalized spacial score (nSPS) is 17.1. The minimum atomic E-state index is -0.229. The second-order valence-corrected chi connectivity index (χ2v) is 4.77. The number of hydrogen-bond acceptors (Lipinski definition) is 5. The van der Waals surface area contributed by atoms with Gasteiger partial charge in [-0.3, -0.25) is 9.59 Å². The Morgan fingerprint density at radius 3 is 3.14 bits per heavy atom. The minimum absolute atomic E-state index is 0.00419. The zero-order valence-electron chi connectivity index (χ0n) is 11.7. The summed E-state index contributed by atoms with van der Waals surface area (Å²) in [6, 6.07) is 5.20. The van der Waals surface area contributed by atoms with Gasteiger partial charge in [0.1, 0.15) is 6.10 Å². The number of nitrogens with zero attached hydrogens (tertiary/aromatic N) is 3. The van der Waals surface area contributed by atoms with Gasteiger partial charge in [0.15, 0.2) is 0 Å². The summed E-state index contributed by atoms with van der Waals surface area (Å²) in [5.74, 6) is 0.0260. The first kappa shape index (κ1) is 14.8. The van der Waals surface area contributed by atoms with Crippen molar-refractivity contribution < 1.29 is 14.3 Å². The van der Waals surface area contributed by atoms with E-state index in [0.717, 1.165) is 0 Å². The van der Waals surface area contributed by atoms with Crippen LogP contribution in [0.2, 0.25) is 0 Å². The van der Waals surface area contributed by atoms with Crippen molar-refractivity contribution in [2.24, 2.45) is 0 Å². The zero-order chi connectivity index (χ0) is 15.2. The van der Waals surface area contributed by atoms with Crippen molar-refractivity contribution in [3.8, 4) is 11.9 Å². The first-order valence-electron chi connectivity index (χ1n) is 6.63. The topological polar surface area (TPSA) is 95.3 Å². The van der Waals surface area contributed by atoms with E-state index in [9.17, 15) is 9.59 Å². The van der Waals surface area contributed by atoms with Crippen LogP contribution in [-0.2, 0) is 9.59 Å². The van der Waals surface area contributed by atoms with Gasteiger partial charge < -0.3 is 15.0 Å². The molecule has 2 amide bonds. The minimum Gasteiger partial charge on any atom is -0.472 e. The van der Waals surface area contributed by atoms with E-state index in [2.05, 4.69) is 10.3 Å². The first-order valence-corrected chi connectivity index (χ1v) is 6.63. The Hall–Kier alpha value is -2.62. The monoisotopic (exact) mass is 288 g/mol. The molecule has 7 heteroatoms. The molecule has 0 spiro atoms. The van der Waals surface area contributed by atoms with Gasteiger partial charge in [0.25, 0.3) is 0 Å². The number of carbonyl (C=O) groups is 2. The summed E-state index contributed by atoms with van der Waals surface area (Å²) in [6.45, 7) is 2.42. The van der Waals surface area contributed by atoms with Crippen LogP contribution in [0.3, 0.4) is 0 Å². The predicted molar refractivity (Wildman–Crippen MR) is 73.2 cm³/mol. The maximum atomic E-state index is 11.8. The molecule has 2 rings (SSSR count). The average Bonchev–Trinajstić information content (AvgIpc) is 2.93. The fraction of sp³-hybridized carbons (Fsp3) is 0.429. The van der Waals surface area contributed by atoms with Crippen LogP contribution >= 0.6 is 0 Å². The molecule has 21 heavy (non-hydrogen) atoms. The molecule has 1 saturated heterocycles. The van der Waals surface area contributed by atoms with E-state index in [1.807, 2.05) is 6.07 Å². The fourth-order valence-corrected chi connectivity index (χ4v) is 2.08. The second kappa shape index (κ2) is 6.70. The van der Waals surface area contributed by atoms with E-state index in [-0.39, 0.29) is 24.5 Å². The molecule has 0 aromatic carbocycles. The molecule has 0 radical (unpaired) electrons. The molecule has 1 unspecified atom stereocenters. The van der Waals surface area contributed by atoms with Crippen LogP contribution < -0.4 is 10.1 Å². The summed E-state index contributed by atoms with van der Waals surface area (Å²) < 4.78 is 5.68. The SMILES string of the molecule is CC(=O)NCC(=O)N1CCC(Oc2cc(C#N)ccn2)C1. The number of nitrogens with one attached hydrogen (secondary N) is 1. The largest absolute Gasteiger partial charge is 0.472 e. The number of ether oxygens (including phenoxy) is 1. The van der Waals surface area contributed by atoms with Crippen LogP contribution in [0.4, 0.5) is 0 Å². The lowest BCUT2D eigenvalue weighted by Crippen LogP contribution is -2.39. The van der Waals surface area contributed by atoms with Gasteiger partial charge in [-0.25, -0.2) is 4.98 Å². The lowest BCUT2D eigenvalue weighted by Gasteiger charge is -2.17. The lowest BCUT2D eigenvalue weighted by atomic mass is 10.3. The van der Waals surface area contributed by atoms with Gasteiger partial charge in [-0.05, 0) is 6.07 Å². The van der Waals surface area contributed by atoms with Crippen molar-refractivity contribution in [1.29, 1.82) is 5.26 Å². The summed E-state index contributed by atoms with van der Waals surface area (Å²) >= 11 is 0. The molecule has 2 heterocycles. The molecule has 1 N–H and O–H groups in total. The molecule has 1 aliphatic rings. The van der Waals surface area contributed by atoms with E-state index in [1.165, 1.54) is 13.1 Å². The Balaban J connectivity index is 1.86. The molecule has 0 bridgehead atoms. The van der Waals surface area contributed by atoms with E-state index in [4.69, 9.17) is 10.00 Å². The van der Waals surface area contributed by atoms with Crippen molar-refractivity contribution in [1.82, 2.24) is 15.2 Å². The van der Waals surface area contributed by atoms with E-state index >= 15 is 0 Å². The third kappa shape index (κ3) is 4.18. The molecular formula is C14H16N4O3. The molecule has 1 aliphatic heterocycles. The zero-order valence-corrected chi connectivity index (χ0v) is 11.7. The Morgan fingerprint density at radius 2 is 2.43 bits per heavy atom. The van der Waals surface area contributed by atoms with Crippen molar-refractivity contribution >= 4 is 11.8 Å². The third-order valence-corrected chi connectivity index (χ3v) is 3.14. The number of rotatable bonds is 4. The number of carbonyl (C=O) groups excluding carboxylic acids is 2. The summed E-state index contributed by atoms with van der Waals surface area (Å²) in [7, 11) is 0. The summed E-state index contributed by atoms with van der Waals surface area (Å²) in [5, 5.41) is 11.3. The molecule has 1 aromatic heterocycles. The van der Waals surface area contributed by atoms with E-state index < -0.39 is 0 Å². The van der Waals surface area contributed by atoms with E-state index in [1.54, 1.807) is 17.0 Å². The number of hydrogen-bond donors (Lipinski definition) is 1. The maximum absolute atomic E-state index is 11.8. The van der Waals surface area contributed by atoms with Crippen LogP contribution in [0.5, 0.6) is 5.88 Å². The second-order valence-electron chi connectivity index (χ2n) is 4.77. The number of nitriles is 1. The van der Waals surface area contributed by atoms with Crippen LogP contribution in [0.25, 0.3) is 0 Å². The van der Waals surface area contributed by atoms with Crippen LogP contribution in [0.15, 0.2) is 18.3 Å². The Labute approximate surface area is 122 Å². The van der Waals surface area contributed by atoms with Gasteiger partial charge in [0, 0.05) is 32.2 Å². The average molecular weight is 288 g/mol. The smallest absolute Gasteiger partial charge is 0.242 e. The Bertz CT molecular complexity index is 582. The quantitative estimate of drug-likeness (QED) is 0.846. The van der Waals surface area contributed by atoms with Crippen LogP contribution in [0.1, 0.15) is 18.9 Å². The summed E-state index contributed by atoms with van der Waals surface area (Å²) in [5.41, 5.74) is 0.483. The fourth-order valence-electron chi connectivity index (χ4n) is 2.08. The van der Waals surface area contributed by atoms with Gasteiger partial charge >= 0.3 is 0 Å². The molecule has 0 saturated carbocycles. The number of amides is 2. The molecular weight excluding hydrogens is 272 g/mol. The molecule has 7 nitrogen and oxygen atoms in total. The van der Waals surface area contributed by atoms with Gasteiger partial charge in [-0.15, -0.1) is 0 Å². The molecule has 1 atom stereocenters. The van der Waals surface area contributed by atoms with Crippen molar-refractivity contribution in [2.75, 3.05) is 19.6 Å². The lowest BCUT2D eigenvalue weighted by molar-refractivity contribution is -0.131. The molecule has 110 valence electrons. The van der Waals surface area contributed by atoms with Gasteiger partial charge in [-0.2, -0.15) is 5.26 Å². The van der Waals surface area contributed by atoms with Gasteiger partial charge in [-0.1, -0.05) is 0 Å². The highest BCUT2D eigenvalue weighted by atomic mass is 16.5. The standard InChI is InChI=1S/C14H16N4O3/c1-10(19)17-8-14(20)18-5-3-12(9-18)21-13-6-11(7-15)2-4-16-13/h2,4,6,12H,3,5,8-9H2,1H3,(H,17,19). The van der Waals surface area contributed by atoms with Crippen LogP contribution in [-0.4, -0.2) is 47.4 Å². The summed E-state index contributed by atoms with van der Waals surface area (Å²) in [6.07, 6.45) is 2.07. The summed E-state index contributed by atoms with van der Waals surface area (Å²) in [4.78, 5) is 28.3. The van der Waals surface area contributed by atoms with Crippen molar-refractivity contribution in [2.45, 2.75) is 19.4 Å². The third-order valence-electron chi connectivity index (χ3n) is 3.14. The Kier molecular flexibility index (Phi) is 4.72. The molecule has 1 fully saturated rings. The highest BCUT2D eigenvalue weighted by Crippen LogP contribution is 2.17. The number of likely N-dealkylation sites (tertiary alicyclic amines) is 1. The highest BCUT2D eigenvalue weighted by molar-refractivity contribution is 5.83. The predicted octanol–water partition coefficient (Wildman–Crippen LogP) is 0.0691.